The summed E-state index contributed by atoms with van der Waals surface area (Å²) < 4.78 is 1.57. The molecule has 0 saturated carbocycles. The Morgan fingerprint density at radius 1 is 1.50 bits per heavy atom. The summed E-state index contributed by atoms with van der Waals surface area (Å²) in [5.41, 5.74) is 0.00445. The van der Waals surface area contributed by atoms with Gasteiger partial charge in [-0.2, -0.15) is 5.10 Å². The first-order valence-electron chi connectivity index (χ1n) is 5.89. The molecule has 0 radical (unpaired) electrons. The molecule has 1 fully saturated rings. The minimum absolute atomic E-state index is 0.00445. The third-order valence-corrected chi connectivity index (χ3v) is 2.87. The number of hydrogen-bond donors (Lipinski definition) is 0. The highest BCUT2D eigenvalue weighted by Gasteiger charge is 2.27. The van der Waals surface area contributed by atoms with Gasteiger partial charge in [-0.3, -0.25) is 4.79 Å². The van der Waals surface area contributed by atoms with E-state index in [0.717, 1.165) is 32.1 Å². The number of nitrogens with zero attached hydrogens (tertiary/aromatic N) is 3. The molecule has 0 atom stereocenters. The monoisotopic (exact) mass is 221 g/mol. The van der Waals surface area contributed by atoms with Gasteiger partial charge in [-0.25, -0.2) is 4.68 Å². The molecule has 2 heterocycles. The Morgan fingerprint density at radius 2 is 2.25 bits per heavy atom. The molecule has 1 aliphatic heterocycles. The maximum absolute atomic E-state index is 11.4. The predicted octanol–water partition coefficient (Wildman–Crippen LogP) is 0.831. The number of aromatic nitrogens is 2. The summed E-state index contributed by atoms with van der Waals surface area (Å²) in [5, 5.41) is 4.07. The quantitative estimate of drug-likeness (QED) is 0.756. The molecule has 4 nitrogen and oxygen atoms in total. The fourth-order valence-electron chi connectivity index (χ4n) is 2.23. The van der Waals surface area contributed by atoms with E-state index >= 15 is 0 Å². The van der Waals surface area contributed by atoms with Crippen molar-refractivity contribution in [2.24, 2.45) is 11.8 Å². The molecule has 2 rings (SSSR count). The molecule has 0 bridgehead atoms. The molecule has 1 saturated heterocycles. The van der Waals surface area contributed by atoms with Crippen LogP contribution in [0.3, 0.4) is 0 Å². The molecule has 0 aliphatic carbocycles. The van der Waals surface area contributed by atoms with Crippen molar-refractivity contribution in [3.8, 4) is 0 Å². The lowest BCUT2D eigenvalue weighted by Crippen LogP contribution is -2.50. The van der Waals surface area contributed by atoms with Crippen LogP contribution in [0.2, 0.25) is 0 Å². The van der Waals surface area contributed by atoms with Gasteiger partial charge in [-0.05, 0) is 12.0 Å². The molecule has 0 spiro atoms. The van der Waals surface area contributed by atoms with E-state index in [2.05, 4.69) is 23.8 Å². The molecule has 0 N–H and O–H groups in total. The lowest BCUT2D eigenvalue weighted by molar-refractivity contribution is 0.0724. The summed E-state index contributed by atoms with van der Waals surface area (Å²) in [5.74, 6) is 1.31. The van der Waals surface area contributed by atoms with Gasteiger partial charge < -0.3 is 4.90 Å². The van der Waals surface area contributed by atoms with Crippen LogP contribution in [0, 0.1) is 11.8 Å². The Morgan fingerprint density at radius 3 is 2.88 bits per heavy atom. The zero-order valence-electron chi connectivity index (χ0n) is 9.97. The summed E-state index contributed by atoms with van der Waals surface area (Å²) in [6.45, 7) is 8.58. The second kappa shape index (κ2) is 4.78. The molecule has 0 unspecified atom stereocenters. The Labute approximate surface area is 95.9 Å². The minimum Gasteiger partial charge on any atom is -0.302 e. The SMILES string of the molecule is CC(C)CN1CC(Cn2ncccc2=O)C1. The molecule has 1 aliphatic rings. The van der Waals surface area contributed by atoms with Crippen molar-refractivity contribution in [2.45, 2.75) is 20.4 Å². The van der Waals surface area contributed by atoms with E-state index in [1.165, 1.54) is 0 Å². The lowest BCUT2D eigenvalue weighted by Gasteiger charge is -2.40. The predicted molar refractivity (Wildman–Crippen MR) is 63.3 cm³/mol. The highest BCUT2D eigenvalue weighted by molar-refractivity contribution is 4.87. The third-order valence-electron chi connectivity index (χ3n) is 2.87. The van der Waals surface area contributed by atoms with Crippen LogP contribution in [0.1, 0.15) is 13.8 Å². The average Bonchev–Trinajstić information content (AvgIpc) is 2.17. The van der Waals surface area contributed by atoms with Crippen molar-refractivity contribution in [3.63, 3.8) is 0 Å². The van der Waals surface area contributed by atoms with E-state index in [-0.39, 0.29) is 5.56 Å². The van der Waals surface area contributed by atoms with Gasteiger partial charge in [-0.15, -0.1) is 0 Å². The second-order valence-corrected chi connectivity index (χ2v) is 5.02. The van der Waals surface area contributed by atoms with Crippen LogP contribution in [0.5, 0.6) is 0 Å². The maximum Gasteiger partial charge on any atom is 0.266 e. The van der Waals surface area contributed by atoms with E-state index in [1.54, 1.807) is 23.0 Å². The van der Waals surface area contributed by atoms with Crippen LogP contribution in [-0.4, -0.2) is 34.3 Å². The molecule has 16 heavy (non-hydrogen) atoms. The molecule has 1 aromatic rings. The molecule has 0 aromatic carbocycles. The summed E-state index contributed by atoms with van der Waals surface area (Å²) in [4.78, 5) is 13.9. The zero-order valence-corrected chi connectivity index (χ0v) is 9.97. The van der Waals surface area contributed by atoms with Gasteiger partial charge in [-0.1, -0.05) is 13.8 Å². The van der Waals surface area contributed by atoms with Crippen molar-refractivity contribution in [2.75, 3.05) is 19.6 Å². The Kier molecular flexibility index (Phi) is 3.39. The minimum atomic E-state index is 0.00445. The fraction of sp³-hybridized carbons (Fsp3) is 0.667. The van der Waals surface area contributed by atoms with Gasteiger partial charge in [0.2, 0.25) is 0 Å². The van der Waals surface area contributed by atoms with Crippen LogP contribution >= 0.6 is 0 Å². The van der Waals surface area contributed by atoms with Gasteiger partial charge in [0.1, 0.15) is 0 Å². The smallest absolute Gasteiger partial charge is 0.266 e. The lowest BCUT2D eigenvalue weighted by atomic mass is 9.99. The van der Waals surface area contributed by atoms with E-state index in [9.17, 15) is 4.79 Å². The van der Waals surface area contributed by atoms with Gasteiger partial charge in [0, 0.05) is 37.8 Å². The van der Waals surface area contributed by atoms with Crippen LogP contribution in [0.4, 0.5) is 0 Å². The van der Waals surface area contributed by atoms with Crippen molar-refractivity contribution < 1.29 is 0 Å². The molecule has 1 aromatic heterocycles. The van der Waals surface area contributed by atoms with Crippen molar-refractivity contribution in [1.82, 2.24) is 14.7 Å². The highest BCUT2D eigenvalue weighted by Crippen LogP contribution is 2.17. The second-order valence-electron chi connectivity index (χ2n) is 5.02. The third kappa shape index (κ3) is 2.70. The molecular weight excluding hydrogens is 202 g/mol. The summed E-state index contributed by atoms with van der Waals surface area (Å²) in [6, 6.07) is 3.25. The summed E-state index contributed by atoms with van der Waals surface area (Å²) >= 11 is 0. The van der Waals surface area contributed by atoms with Gasteiger partial charge >= 0.3 is 0 Å². The van der Waals surface area contributed by atoms with Crippen LogP contribution in [-0.2, 0) is 6.54 Å². The van der Waals surface area contributed by atoms with Crippen molar-refractivity contribution in [1.29, 1.82) is 0 Å². The van der Waals surface area contributed by atoms with Gasteiger partial charge in [0.05, 0.1) is 6.54 Å². The molecule has 4 heteroatoms. The largest absolute Gasteiger partial charge is 0.302 e. The average molecular weight is 221 g/mol. The van der Waals surface area contributed by atoms with Crippen LogP contribution in [0.25, 0.3) is 0 Å². The Balaban J connectivity index is 1.82. The highest BCUT2D eigenvalue weighted by atomic mass is 16.1. The Bertz CT molecular complexity index is 393. The fourth-order valence-corrected chi connectivity index (χ4v) is 2.23. The summed E-state index contributed by atoms with van der Waals surface area (Å²) in [6.07, 6.45) is 1.67. The molecule has 0 amide bonds. The standard InChI is InChI=1S/C12H19N3O/c1-10(2)6-14-7-11(8-14)9-15-12(16)4-3-5-13-15/h3-5,10-11H,6-9H2,1-2H3. The number of likely N-dealkylation sites (tertiary alicyclic amines) is 1. The number of hydrogen-bond acceptors (Lipinski definition) is 3. The maximum atomic E-state index is 11.4. The van der Waals surface area contributed by atoms with Gasteiger partial charge in [0.25, 0.3) is 5.56 Å². The normalized spacial score (nSPS) is 17.7. The van der Waals surface area contributed by atoms with Crippen LogP contribution < -0.4 is 5.56 Å². The first-order valence-corrected chi connectivity index (χ1v) is 5.89. The van der Waals surface area contributed by atoms with E-state index in [0.29, 0.717) is 5.92 Å². The first kappa shape index (κ1) is 11.3. The number of rotatable bonds is 4. The topological polar surface area (TPSA) is 38.1 Å². The zero-order chi connectivity index (χ0) is 11.5. The Hall–Kier alpha value is -1.16. The van der Waals surface area contributed by atoms with Gasteiger partial charge in [0.15, 0.2) is 0 Å². The van der Waals surface area contributed by atoms with E-state index in [4.69, 9.17) is 0 Å². The summed E-state index contributed by atoms with van der Waals surface area (Å²) in [7, 11) is 0. The van der Waals surface area contributed by atoms with Crippen molar-refractivity contribution in [3.05, 3.63) is 28.7 Å². The molecule has 88 valence electrons. The molecular formula is C12H19N3O. The van der Waals surface area contributed by atoms with Crippen LogP contribution in [0.15, 0.2) is 23.1 Å². The first-order chi connectivity index (χ1) is 7.65. The van der Waals surface area contributed by atoms with Crippen molar-refractivity contribution >= 4 is 0 Å². The van der Waals surface area contributed by atoms with E-state index < -0.39 is 0 Å². The van der Waals surface area contributed by atoms with E-state index in [1.807, 2.05) is 0 Å².